The lowest BCUT2D eigenvalue weighted by Crippen LogP contribution is -2.50. The van der Waals surface area contributed by atoms with Gasteiger partial charge in [0.05, 0.1) is 11.9 Å². The van der Waals surface area contributed by atoms with Crippen LogP contribution in [0.2, 0.25) is 0 Å². The minimum absolute atomic E-state index is 0.0604. The van der Waals surface area contributed by atoms with Crippen molar-refractivity contribution in [2.45, 2.75) is 32.9 Å². The quantitative estimate of drug-likeness (QED) is 0.817. The van der Waals surface area contributed by atoms with Gasteiger partial charge in [-0.15, -0.1) is 0 Å². The van der Waals surface area contributed by atoms with Crippen LogP contribution in [0.25, 0.3) is 0 Å². The number of nitrogens with zero attached hydrogens (tertiary/aromatic N) is 3. The first kappa shape index (κ1) is 18.8. The van der Waals surface area contributed by atoms with Gasteiger partial charge in [-0.25, -0.2) is 0 Å². The maximum Gasteiger partial charge on any atom is 0.269 e. The molecule has 0 N–H and O–H groups in total. The maximum atomic E-state index is 12.9. The van der Waals surface area contributed by atoms with Crippen molar-refractivity contribution in [2.75, 3.05) is 18.0 Å². The van der Waals surface area contributed by atoms with Crippen molar-refractivity contribution < 1.29 is 9.59 Å². The van der Waals surface area contributed by atoms with E-state index in [9.17, 15) is 9.59 Å². The van der Waals surface area contributed by atoms with Gasteiger partial charge in [-0.1, -0.05) is 48.5 Å². The zero-order valence-corrected chi connectivity index (χ0v) is 16.0. The van der Waals surface area contributed by atoms with E-state index in [1.807, 2.05) is 68.4 Å². The zero-order valence-electron chi connectivity index (χ0n) is 16.0. The van der Waals surface area contributed by atoms with Crippen LogP contribution in [0.15, 0.2) is 59.6 Å². The molecule has 2 aromatic carbocycles. The normalized spacial score (nSPS) is 17.2. The molecular weight excluding hydrogens is 338 g/mol. The SMILES string of the molecule is CCN(CC)C(=O)C(C)N1C(=O)C=NC(c2ccccc2)c2ccccc21. The second kappa shape index (κ2) is 8.16. The first-order valence-electron chi connectivity index (χ1n) is 9.37. The van der Waals surface area contributed by atoms with Crippen LogP contribution in [0.4, 0.5) is 5.69 Å². The summed E-state index contributed by atoms with van der Waals surface area (Å²) < 4.78 is 0. The summed E-state index contributed by atoms with van der Waals surface area (Å²) in [6.07, 6.45) is 1.35. The zero-order chi connectivity index (χ0) is 19.4. The Bertz CT molecular complexity index is 844. The Hall–Kier alpha value is -2.95. The van der Waals surface area contributed by atoms with Gasteiger partial charge in [0.2, 0.25) is 5.91 Å². The highest BCUT2D eigenvalue weighted by Gasteiger charge is 2.33. The highest BCUT2D eigenvalue weighted by atomic mass is 16.2. The molecule has 1 heterocycles. The van der Waals surface area contributed by atoms with Gasteiger partial charge in [-0.2, -0.15) is 0 Å². The first-order chi connectivity index (χ1) is 13.1. The summed E-state index contributed by atoms with van der Waals surface area (Å²) in [6, 6.07) is 16.7. The summed E-state index contributed by atoms with van der Waals surface area (Å²) in [6.45, 7) is 6.90. The molecule has 0 radical (unpaired) electrons. The van der Waals surface area contributed by atoms with Gasteiger partial charge in [-0.3, -0.25) is 19.5 Å². The minimum Gasteiger partial charge on any atom is -0.341 e. The second-order valence-corrected chi connectivity index (χ2v) is 6.54. The Kier molecular flexibility index (Phi) is 5.69. The molecule has 0 spiro atoms. The molecule has 0 bridgehead atoms. The monoisotopic (exact) mass is 363 g/mol. The standard InChI is InChI=1S/C22H25N3O2/c1-4-24(5-2)22(27)16(3)25-19-14-10-9-13-18(19)21(23-15-20(25)26)17-11-7-6-8-12-17/h6-16,21H,4-5H2,1-3H3. The van der Waals surface area contributed by atoms with Crippen LogP contribution in [0.1, 0.15) is 37.9 Å². The van der Waals surface area contributed by atoms with E-state index in [0.717, 1.165) is 16.8 Å². The lowest BCUT2D eigenvalue weighted by molar-refractivity contribution is -0.133. The predicted octanol–water partition coefficient (Wildman–Crippen LogP) is 3.45. The molecule has 27 heavy (non-hydrogen) atoms. The van der Waals surface area contributed by atoms with Crippen LogP contribution < -0.4 is 4.90 Å². The van der Waals surface area contributed by atoms with Crippen molar-refractivity contribution in [1.82, 2.24) is 4.90 Å². The molecule has 3 rings (SSSR count). The van der Waals surface area contributed by atoms with Crippen LogP contribution >= 0.6 is 0 Å². The molecular formula is C22H25N3O2. The number of aliphatic imine (C=N–C) groups is 1. The van der Waals surface area contributed by atoms with Crippen molar-refractivity contribution in [1.29, 1.82) is 0 Å². The second-order valence-electron chi connectivity index (χ2n) is 6.54. The number of carbonyl (C=O) groups excluding carboxylic acids is 2. The Morgan fingerprint density at radius 3 is 2.37 bits per heavy atom. The number of fused-ring (bicyclic) bond motifs is 1. The van der Waals surface area contributed by atoms with E-state index in [1.165, 1.54) is 6.21 Å². The van der Waals surface area contributed by atoms with Gasteiger partial charge in [0, 0.05) is 18.7 Å². The van der Waals surface area contributed by atoms with E-state index in [4.69, 9.17) is 0 Å². The lowest BCUT2D eigenvalue weighted by Gasteiger charge is -2.32. The first-order valence-corrected chi connectivity index (χ1v) is 9.37. The summed E-state index contributed by atoms with van der Waals surface area (Å²) in [5.74, 6) is -0.330. The number of hydrogen-bond acceptors (Lipinski definition) is 3. The van der Waals surface area contributed by atoms with Gasteiger partial charge in [0.15, 0.2) is 0 Å². The summed E-state index contributed by atoms with van der Waals surface area (Å²) in [7, 11) is 0. The summed E-state index contributed by atoms with van der Waals surface area (Å²) in [4.78, 5) is 33.7. The molecule has 1 aliphatic heterocycles. The van der Waals surface area contributed by atoms with Crippen LogP contribution in [-0.4, -0.2) is 42.1 Å². The van der Waals surface area contributed by atoms with Gasteiger partial charge < -0.3 is 4.90 Å². The highest BCUT2D eigenvalue weighted by molar-refractivity contribution is 6.34. The number of rotatable bonds is 5. The number of anilines is 1. The van der Waals surface area contributed by atoms with Crippen LogP contribution in [0.5, 0.6) is 0 Å². The molecule has 2 amide bonds. The van der Waals surface area contributed by atoms with E-state index >= 15 is 0 Å². The molecule has 5 nitrogen and oxygen atoms in total. The predicted molar refractivity (Wildman–Crippen MR) is 108 cm³/mol. The molecule has 0 saturated heterocycles. The van der Waals surface area contributed by atoms with Crippen molar-refractivity contribution in [3.8, 4) is 0 Å². The molecule has 0 aromatic heterocycles. The molecule has 2 unspecified atom stereocenters. The Morgan fingerprint density at radius 2 is 1.70 bits per heavy atom. The third kappa shape index (κ3) is 3.63. The van der Waals surface area contributed by atoms with E-state index in [0.29, 0.717) is 13.1 Å². The average Bonchev–Trinajstić information content (AvgIpc) is 2.85. The topological polar surface area (TPSA) is 53.0 Å². The van der Waals surface area contributed by atoms with E-state index < -0.39 is 6.04 Å². The van der Waals surface area contributed by atoms with E-state index in [-0.39, 0.29) is 17.9 Å². The van der Waals surface area contributed by atoms with Crippen LogP contribution in [-0.2, 0) is 9.59 Å². The number of likely N-dealkylation sites (N-methyl/N-ethyl adjacent to an activating group) is 1. The molecule has 2 atom stereocenters. The third-order valence-corrected chi connectivity index (χ3v) is 5.00. The van der Waals surface area contributed by atoms with Crippen molar-refractivity contribution in [2.24, 2.45) is 4.99 Å². The van der Waals surface area contributed by atoms with Gasteiger partial charge in [-0.05, 0) is 32.4 Å². The molecule has 5 heteroatoms. The number of amides is 2. The maximum absolute atomic E-state index is 12.9. The number of para-hydroxylation sites is 1. The van der Waals surface area contributed by atoms with Gasteiger partial charge in [0.1, 0.15) is 12.1 Å². The van der Waals surface area contributed by atoms with Crippen LogP contribution in [0.3, 0.4) is 0 Å². The molecule has 0 fully saturated rings. The van der Waals surface area contributed by atoms with Gasteiger partial charge in [0.25, 0.3) is 5.91 Å². The molecule has 1 aliphatic rings. The highest BCUT2D eigenvalue weighted by Crippen LogP contribution is 2.36. The molecule has 0 aliphatic carbocycles. The summed E-state index contributed by atoms with van der Waals surface area (Å²) in [5.41, 5.74) is 2.67. The fraction of sp³-hybridized carbons (Fsp3) is 0.318. The van der Waals surface area contributed by atoms with Crippen molar-refractivity contribution in [3.05, 3.63) is 65.7 Å². The average molecular weight is 363 g/mol. The minimum atomic E-state index is -0.598. The number of hydrogen-bond donors (Lipinski definition) is 0. The Morgan fingerprint density at radius 1 is 1.07 bits per heavy atom. The smallest absolute Gasteiger partial charge is 0.269 e. The van der Waals surface area contributed by atoms with E-state index in [2.05, 4.69) is 4.99 Å². The summed E-state index contributed by atoms with van der Waals surface area (Å²) >= 11 is 0. The number of benzene rings is 2. The third-order valence-electron chi connectivity index (χ3n) is 5.00. The van der Waals surface area contributed by atoms with Gasteiger partial charge >= 0.3 is 0 Å². The van der Waals surface area contributed by atoms with Crippen molar-refractivity contribution in [3.63, 3.8) is 0 Å². The Labute approximate surface area is 160 Å². The largest absolute Gasteiger partial charge is 0.341 e. The number of carbonyl (C=O) groups is 2. The summed E-state index contributed by atoms with van der Waals surface area (Å²) in [5, 5.41) is 0. The lowest BCUT2D eigenvalue weighted by atomic mass is 9.97. The molecule has 140 valence electrons. The van der Waals surface area contributed by atoms with E-state index in [1.54, 1.807) is 16.7 Å². The fourth-order valence-corrected chi connectivity index (χ4v) is 3.55. The Balaban J connectivity index is 2.07. The fourth-order valence-electron chi connectivity index (χ4n) is 3.55. The molecule has 0 saturated carbocycles. The van der Waals surface area contributed by atoms with Crippen LogP contribution in [0, 0.1) is 0 Å². The molecule has 2 aromatic rings. The van der Waals surface area contributed by atoms with Crippen molar-refractivity contribution >= 4 is 23.7 Å².